The van der Waals surface area contributed by atoms with Gasteiger partial charge in [-0.25, -0.2) is 0 Å². The predicted octanol–water partition coefficient (Wildman–Crippen LogP) is 17.0. The van der Waals surface area contributed by atoms with E-state index in [2.05, 4.69) is 272 Å². The van der Waals surface area contributed by atoms with Gasteiger partial charge in [0.1, 0.15) is 11.9 Å². The van der Waals surface area contributed by atoms with Crippen LogP contribution in [0.15, 0.2) is 247 Å². The van der Waals surface area contributed by atoms with Crippen molar-refractivity contribution in [1.82, 2.24) is 14.5 Å². The molecule has 0 spiro atoms. The van der Waals surface area contributed by atoms with Crippen LogP contribution in [-0.2, 0) is 5.41 Å². The van der Waals surface area contributed by atoms with Crippen LogP contribution in [0, 0.1) is 0 Å². The summed E-state index contributed by atoms with van der Waals surface area (Å²) in [5.74, 6) is 0.867. The van der Waals surface area contributed by atoms with Gasteiger partial charge in [0, 0.05) is 49.6 Å². The number of hydrogen-bond donors (Lipinski definition) is 1. The predicted molar refractivity (Wildman–Crippen MR) is 301 cm³/mol. The number of para-hydroxylation sites is 2. The fourth-order valence-electron chi connectivity index (χ4n) is 12.1. The summed E-state index contributed by atoms with van der Waals surface area (Å²) in [6.07, 6.45) is 0. The van der Waals surface area contributed by atoms with E-state index in [1.54, 1.807) is 0 Å². The molecule has 1 aliphatic carbocycles. The molecule has 0 fully saturated rings. The summed E-state index contributed by atoms with van der Waals surface area (Å²) in [5, 5.41) is 8.63. The Hall–Kier alpha value is -8.99. The monoisotopic (exact) mass is 922 g/mol. The Morgan fingerprint density at radius 1 is 0.403 bits per heavy atom. The zero-order chi connectivity index (χ0) is 48.1. The molecule has 1 N–H and O–H groups in total. The number of rotatable bonds is 7. The number of aromatic nitrogens is 2. The fourth-order valence-corrected chi connectivity index (χ4v) is 12.1. The molecule has 0 amide bonds. The first-order chi connectivity index (χ1) is 35.4. The van der Waals surface area contributed by atoms with Gasteiger partial charge in [-0.05, 0) is 141 Å². The van der Waals surface area contributed by atoms with Crippen molar-refractivity contribution in [3.8, 4) is 44.8 Å². The first kappa shape index (κ1) is 41.9. The molecule has 2 aromatic heterocycles. The summed E-state index contributed by atoms with van der Waals surface area (Å²) in [6, 6.07) is 86.4. The molecule has 0 radical (unpaired) electrons. The van der Waals surface area contributed by atoms with Gasteiger partial charge in [0.15, 0.2) is 0 Å². The minimum atomic E-state index is -0.236. The first-order valence-electron chi connectivity index (χ1n) is 25.1. The van der Waals surface area contributed by atoms with Crippen molar-refractivity contribution in [2.45, 2.75) is 32.2 Å². The van der Waals surface area contributed by atoms with Gasteiger partial charge in [0.05, 0.1) is 22.1 Å². The number of nitrogens with one attached hydrogen (secondary N) is 1. The second kappa shape index (κ2) is 16.3. The normalized spacial score (nSPS) is 15.0. The Morgan fingerprint density at radius 2 is 0.889 bits per heavy atom. The maximum absolute atomic E-state index is 5.59. The minimum absolute atomic E-state index is 0.0377. The SMILES string of the molecule is CC1=C(c2ccccc2)NC(c2ccccc2)=NC1c1cccc2c1c1cc(-c3ccc4c(c3)c3cc(-c5ccc6c(c5)-c5ccccc5C6(C)C)ccc3n4-c3ccccc3)ccc1n2-c1ccccc1. The molecule has 342 valence electrons. The first-order valence-corrected chi connectivity index (χ1v) is 25.1. The second-order valence-electron chi connectivity index (χ2n) is 20.0. The van der Waals surface area contributed by atoms with Crippen LogP contribution < -0.4 is 5.32 Å². The van der Waals surface area contributed by atoms with Crippen molar-refractivity contribution in [3.63, 3.8) is 0 Å². The van der Waals surface area contributed by atoms with Crippen molar-refractivity contribution < 1.29 is 0 Å². The van der Waals surface area contributed by atoms with Crippen LogP contribution >= 0.6 is 0 Å². The second-order valence-corrected chi connectivity index (χ2v) is 20.0. The number of fused-ring (bicyclic) bond motifs is 9. The summed E-state index contributed by atoms with van der Waals surface area (Å²) in [4.78, 5) is 5.59. The van der Waals surface area contributed by atoms with Gasteiger partial charge < -0.3 is 14.5 Å². The zero-order valence-corrected chi connectivity index (χ0v) is 40.4. The van der Waals surface area contributed by atoms with E-state index >= 15 is 0 Å². The highest BCUT2D eigenvalue weighted by molar-refractivity contribution is 6.15. The van der Waals surface area contributed by atoms with Crippen LogP contribution in [0.4, 0.5) is 0 Å². The summed E-state index contributed by atoms with van der Waals surface area (Å²) in [6.45, 7) is 6.94. The summed E-state index contributed by atoms with van der Waals surface area (Å²) in [7, 11) is 0. The molecule has 1 unspecified atom stereocenters. The van der Waals surface area contributed by atoms with Gasteiger partial charge in [-0.2, -0.15) is 0 Å². The Morgan fingerprint density at radius 3 is 1.51 bits per heavy atom. The summed E-state index contributed by atoms with van der Waals surface area (Å²) in [5.41, 5.74) is 22.8. The molecule has 12 aromatic rings. The number of hydrogen-bond acceptors (Lipinski definition) is 2. The minimum Gasteiger partial charge on any atom is -0.339 e. The molecule has 10 aromatic carbocycles. The lowest BCUT2D eigenvalue weighted by atomic mass is 9.82. The third-order valence-electron chi connectivity index (χ3n) is 15.6. The van der Waals surface area contributed by atoms with Crippen molar-refractivity contribution in [1.29, 1.82) is 0 Å². The highest BCUT2D eigenvalue weighted by Gasteiger charge is 2.35. The van der Waals surface area contributed by atoms with Crippen LogP contribution in [0.25, 0.3) is 94.1 Å². The highest BCUT2D eigenvalue weighted by atomic mass is 15.1. The third-order valence-corrected chi connectivity index (χ3v) is 15.6. The molecule has 4 heteroatoms. The van der Waals surface area contributed by atoms with E-state index in [0.29, 0.717) is 0 Å². The van der Waals surface area contributed by atoms with Crippen LogP contribution in [0.2, 0.25) is 0 Å². The Balaban J connectivity index is 0.972. The maximum Gasteiger partial charge on any atom is 0.133 e. The largest absolute Gasteiger partial charge is 0.339 e. The molecule has 1 aliphatic heterocycles. The zero-order valence-electron chi connectivity index (χ0n) is 40.4. The van der Waals surface area contributed by atoms with E-state index < -0.39 is 0 Å². The van der Waals surface area contributed by atoms with Gasteiger partial charge in [0.2, 0.25) is 0 Å². The van der Waals surface area contributed by atoms with Gasteiger partial charge in [-0.1, -0.05) is 178 Å². The quantitative estimate of drug-likeness (QED) is 0.170. The maximum atomic E-state index is 5.59. The van der Waals surface area contributed by atoms with Gasteiger partial charge in [-0.15, -0.1) is 0 Å². The van der Waals surface area contributed by atoms with Gasteiger partial charge in [0.25, 0.3) is 0 Å². The molecule has 1 atom stereocenters. The number of aliphatic imine (C=N–C) groups is 1. The van der Waals surface area contributed by atoms with Crippen molar-refractivity contribution in [3.05, 3.63) is 270 Å². The molecule has 3 heterocycles. The lowest BCUT2D eigenvalue weighted by Crippen LogP contribution is -2.29. The number of amidine groups is 1. The van der Waals surface area contributed by atoms with Crippen molar-refractivity contribution in [2.24, 2.45) is 4.99 Å². The summed E-state index contributed by atoms with van der Waals surface area (Å²) >= 11 is 0. The molecular formula is C68H50N4. The van der Waals surface area contributed by atoms with E-state index in [1.807, 2.05) is 0 Å². The molecule has 14 rings (SSSR count). The van der Waals surface area contributed by atoms with Gasteiger partial charge >= 0.3 is 0 Å². The molecule has 72 heavy (non-hydrogen) atoms. The molecule has 0 saturated carbocycles. The van der Waals surface area contributed by atoms with E-state index in [9.17, 15) is 0 Å². The van der Waals surface area contributed by atoms with Gasteiger partial charge in [-0.3, -0.25) is 4.99 Å². The molecular weight excluding hydrogens is 873 g/mol. The van der Waals surface area contributed by atoms with Crippen molar-refractivity contribution in [2.75, 3.05) is 0 Å². The third kappa shape index (κ3) is 6.49. The molecule has 0 saturated heterocycles. The molecule has 4 nitrogen and oxygen atoms in total. The standard InChI is InChI=1S/C68H50N4/c1-43-65(44-19-8-4-9-20-44)69-67(45-21-10-5-11-22-45)70-66(43)53-28-18-30-63-64(53)57-42-49(34-38-62(57)72(63)51-25-14-7-15-26-51)48-33-37-61-56(41-48)55-40-47(32-36-60(55)71(61)50-23-12-6-13-24-50)46-31-35-59-54(39-46)52-27-16-17-29-58(52)68(59,2)3/h4-42,66H,1-3H3,(H,69,70). The lowest BCUT2D eigenvalue weighted by Gasteiger charge is -2.28. The summed E-state index contributed by atoms with van der Waals surface area (Å²) < 4.78 is 4.85. The highest BCUT2D eigenvalue weighted by Crippen LogP contribution is 2.50. The molecule has 2 aliphatic rings. The van der Waals surface area contributed by atoms with Crippen LogP contribution in [-0.4, -0.2) is 15.0 Å². The topological polar surface area (TPSA) is 34.2 Å². The average molecular weight is 923 g/mol. The number of nitrogens with zero attached hydrogens (tertiary/aromatic N) is 3. The lowest BCUT2D eigenvalue weighted by molar-refractivity contribution is 0.660. The van der Waals surface area contributed by atoms with E-state index in [4.69, 9.17) is 4.99 Å². The van der Waals surface area contributed by atoms with E-state index in [-0.39, 0.29) is 11.5 Å². The van der Waals surface area contributed by atoms with Crippen LogP contribution in [0.1, 0.15) is 54.6 Å². The average Bonchev–Trinajstić information content (AvgIpc) is 4.03. The van der Waals surface area contributed by atoms with Crippen LogP contribution in [0.5, 0.6) is 0 Å². The Labute approximate surface area is 419 Å². The Bertz CT molecular complexity index is 4190. The number of benzene rings is 10. The van der Waals surface area contributed by atoms with E-state index in [1.165, 1.54) is 88.2 Å². The van der Waals surface area contributed by atoms with Crippen molar-refractivity contribution >= 4 is 55.1 Å². The Kier molecular flexibility index (Phi) is 9.49. The van der Waals surface area contributed by atoms with Crippen LogP contribution in [0.3, 0.4) is 0 Å². The molecule has 0 bridgehead atoms. The fraction of sp³-hybridized carbons (Fsp3) is 0.0735. The van der Waals surface area contributed by atoms with E-state index in [0.717, 1.165) is 45.1 Å². The smallest absolute Gasteiger partial charge is 0.133 e.